The summed E-state index contributed by atoms with van der Waals surface area (Å²) in [6, 6.07) is 2.81. The van der Waals surface area contributed by atoms with Crippen LogP contribution in [0.1, 0.15) is 18.5 Å². The van der Waals surface area contributed by atoms with Crippen molar-refractivity contribution in [3.63, 3.8) is 0 Å². The minimum Gasteiger partial charge on any atom is -0.466 e. The van der Waals surface area contributed by atoms with Gasteiger partial charge in [-0.2, -0.15) is 0 Å². The van der Waals surface area contributed by atoms with E-state index >= 15 is 0 Å². The number of nitro groups is 1. The first-order chi connectivity index (χ1) is 10.8. The zero-order valence-corrected chi connectivity index (χ0v) is 13.4. The minimum atomic E-state index is -0.859. The Morgan fingerprint density at radius 2 is 2.13 bits per heavy atom. The molecule has 1 aliphatic rings. The Bertz CT molecular complexity index is 731. The largest absolute Gasteiger partial charge is 0.466 e. The minimum absolute atomic E-state index is 0.0293. The fourth-order valence-electron chi connectivity index (χ4n) is 2.31. The molecule has 1 aromatic rings. The van der Waals surface area contributed by atoms with Gasteiger partial charge in [0.05, 0.1) is 23.6 Å². The molecule has 1 atom stereocenters. The van der Waals surface area contributed by atoms with Crippen LogP contribution in [0.4, 0.5) is 10.5 Å². The van der Waals surface area contributed by atoms with Gasteiger partial charge < -0.3 is 15.0 Å². The van der Waals surface area contributed by atoms with Gasteiger partial charge in [-0.3, -0.25) is 10.1 Å². The maximum atomic E-state index is 12.1. The van der Waals surface area contributed by atoms with Crippen LogP contribution in [0, 0.1) is 10.1 Å². The summed E-state index contributed by atoms with van der Waals surface area (Å²) < 4.78 is 4.76. The highest BCUT2D eigenvalue weighted by Crippen LogP contribution is 2.34. The second-order valence-electron chi connectivity index (χ2n) is 4.90. The van der Waals surface area contributed by atoms with Crippen molar-refractivity contribution in [3.05, 3.63) is 50.2 Å². The van der Waals surface area contributed by atoms with Crippen LogP contribution in [0.25, 0.3) is 0 Å². The Balaban J connectivity index is 2.60. The first-order valence-electron chi connectivity index (χ1n) is 6.55. The SMILES string of the molecule is COC(=O)C1=C(C)N(C)C(=O)NC1c1ccc(Cl)c([N+](=O)[O-])c1. The molecule has 2 amide bonds. The zero-order chi connectivity index (χ0) is 17.3. The lowest BCUT2D eigenvalue weighted by Crippen LogP contribution is -2.46. The van der Waals surface area contributed by atoms with E-state index in [1.54, 1.807) is 6.92 Å². The van der Waals surface area contributed by atoms with E-state index in [2.05, 4.69) is 5.32 Å². The van der Waals surface area contributed by atoms with Gasteiger partial charge in [0.15, 0.2) is 0 Å². The number of ether oxygens (including phenoxy) is 1. The van der Waals surface area contributed by atoms with E-state index < -0.39 is 23.0 Å². The number of nitro benzene ring substituents is 1. The third kappa shape index (κ3) is 2.98. The highest BCUT2D eigenvalue weighted by molar-refractivity contribution is 6.32. The predicted molar refractivity (Wildman–Crippen MR) is 81.9 cm³/mol. The summed E-state index contributed by atoms with van der Waals surface area (Å²) in [4.78, 5) is 35.8. The fourth-order valence-corrected chi connectivity index (χ4v) is 2.50. The Hall–Kier alpha value is -2.61. The van der Waals surface area contributed by atoms with E-state index in [0.717, 1.165) is 0 Å². The molecule has 1 aliphatic heterocycles. The van der Waals surface area contributed by atoms with Gasteiger partial charge in [-0.25, -0.2) is 9.59 Å². The fraction of sp³-hybridized carbons (Fsp3) is 0.286. The smallest absolute Gasteiger partial charge is 0.337 e. The van der Waals surface area contributed by atoms with Crippen molar-refractivity contribution in [3.8, 4) is 0 Å². The maximum Gasteiger partial charge on any atom is 0.337 e. The van der Waals surface area contributed by atoms with Gasteiger partial charge in [0.1, 0.15) is 5.02 Å². The summed E-state index contributed by atoms with van der Waals surface area (Å²) in [5.41, 5.74) is 0.663. The second-order valence-corrected chi connectivity index (χ2v) is 5.31. The van der Waals surface area contributed by atoms with Crippen LogP contribution in [0.2, 0.25) is 5.02 Å². The van der Waals surface area contributed by atoms with Crippen molar-refractivity contribution >= 4 is 29.3 Å². The zero-order valence-electron chi connectivity index (χ0n) is 12.6. The van der Waals surface area contributed by atoms with E-state index in [9.17, 15) is 19.7 Å². The number of halogens is 1. The number of hydrogen-bond donors (Lipinski definition) is 1. The molecular formula is C14H14ClN3O5. The Morgan fingerprint density at radius 3 is 2.70 bits per heavy atom. The summed E-state index contributed by atoms with van der Waals surface area (Å²) in [6.07, 6.45) is 0. The number of allylic oxidation sites excluding steroid dienone is 1. The molecule has 8 nitrogen and oxygen atoms in total. The predicted octanol–water partition coefficient (Wildman–Crippen LogP) is 2.39. The van der Waals surface area contributed by atoms with Crippen LogP contribution in [0.15, 0.2) is 29.5 Å². The van der Waals surface area contributed by atoms with Crippen LogP contribution in [0.5, 0.6) is 0 Å². The molecule has 0 spiro atoms. The summed E-state index contributed by atoms with van der Waals surface area (Å²) in [6.45, 7) is 1.60. The van der Waals surface area contributed by atoms with Gasteiger partial charge >= 0.3 is 12.0 Å². The van der Waals surface area contributed by atoms with Crippen LogP contribution in [0.3, 0.4) is 0 Å². The second kappa shape index (κ2) is 6.25. The first kappa shape index (κ1) is 16.8. The molecule has 0 aromatic heterocycles. The van der Waals surface area contributed by atoms with Crippen molar-refractivity contribution in [1.82, 2.24) is 10.2 Å². The number of rotatable bonds is 3. The van der Waals surface area contributed by atoms with Crippen molar-refractivity contribution in [2.75, 3.05) is 14.2 Å². The average molecular weight is 340 g/mol. The Labute approximate surface area is 136 Å². The lowest BCUT2D eigenvalue weighted by atomic mass is 9.95. The van der Waals surface area contributed by atoms with Crippen molar-refractivity contribution in [1.29, 1.82) is 0 Å². The quantitative estimate of drug-likeness (QED) is 0.517. The maximum absolute atomic E-state index is 12.1. The monoisotopic (exact) mass is 339 g/mol. The van der Waals surface area contributed by atoms with Crippen LogP contribution in [-0.4, -0.2) is 36.0 Å². The third-order valence-electron chi connectivity index (χ3n) is 3.66. The number of benzene rings is 1. The van der Waals surface area contributed by atoms with Gasteiger partial charge in [0.25, 0.3) is 5.69 Å². The number of urea groups is 1. The van der Waals surface area contributed by atoms with E-state index in [4.69, 9.17) is 16.3 Å². The average Bonchev–Trinajstić information content (AvgIpc) is 2.51. The van der Waals surface area contributed by atoms with Gasteiger partial charge in [0, 0.05) is 18.8 Å². The highest BCUT2D eigenvalue weighted by Gasteiger charge is 2.35. The number of carbonyl (C=O) groups is 2. The summed E-state index contributed by atoms with van der Waals surface area (Å²) in [5, 5.41) is 13.6. The molecule has 0 fully saturated rings. The molecule has 2 rings (SSSR count). The molecule has 0 saturated carbocycles. The molecule has 1 heterocycles. The number of nitrogens with one attached hydrogen (secondary N) is 1. The van der Waals surface area contributed by atoms with Crippen molar-refractivity contribution in [2.24, 2.45) is 0 Å². The van der Waals surface area contributed by atoms with Crippen molar-refractivity contribution in [2.45, 2.75) is 13.0 Å². The molecule has 1 aromatic carbocycles. The van der Waals surface area contributed by atoms with Gasteiger partial charge in [0.2, 0.25) is 0 Å². The number of nitrogens with zero attached hydrogens (tertiary/aromatic N) is 2. The summed E-state index contributed by atoms with van der Waals surface area (Å²) >= 11 is 5.80. The van der Waals surface area contributed by atoms with E-state index in [-0.39, 0.29) is 16.3 Å². The number of hydrogen-bond acceptors (Lipinski definition) is 5. The molecule has 1 unspecified atom stereocenters. The molecule has 23 heavy (non-hydrogen) atoms. The first-order valence-corrected chi connectivity index (χ1v) is 6.92. The number of carbonyl (C=O) groups excluding carboxylic acids is 2. The lowest BCUT2D eigenvalue weighted by Gasteiger charge is -2.33. The third-order valence-corrected chi connectivity index (χ3v) is 3.98. The van der Waals surface area contributed by atoms with Gasteiger partial charge in [-0.05, 0) is 18.6 Å². The van der Waals surface area contributed by atoms with Crippen LogP contribution in [-0.2, 0) is 9.53 Å². The summed E-state index contributed by atoms with van der Waals surface area (Å²) in [5.74, 6) is -0.628. The Morgan fingerprint density at radius 1 is 1.48 bits per heavy atom. The normalized spacial score (nSPS) is 17.8. The van der Waals surface area contributed by atoms with E-state index in [1.165, 1.54) is 37.3 Å². The van der Waals surface area contributed by atoms with Gasteiger partial charge in [-0.15, -0.1) is 0 Å². The molecular weight excluding hydrogens is 326 g/mol. The van der Waals surface area contributed by atoms with Gasteiger partial charge in [-0.1, -0.05) is 17.7 Å². The van der Waals surface area contributed by atoms with Crippen LogP contribution >= 0.6 is 11.6 Å². The topological polar surface area (TPSA) is 102 Å². The molecule has 0 saturated heterocycles. The summed E-state index contributed by atoms with van der Waals surface area (Å²) in [7, 11) is 2.73. The Kier molecular flexibility index (Phi) is 4.55. The number of esters is 1. The number of methoxy groups -OCH3 is 1. The molecule has 0 aliphatic carbocycles. The molecule has 1 N–H and O–H groups in total. The molecule has 9 heteroatoms. The van der Waals surface area contributed by atoms with Crippen LogP contribution < -0.4 is 5.32 Å². The number of amides is 2. The standard InChI is InChI=1S/C14H14ClN3O5/c1-7-11(13(19)23-3)12(16-14(20)17(7)2)8-4-5-9(15)10(6-8)18(21)22/h4-6,12H,1-3H3,(H,16,20). The van der Waals surface area contributed by atoms with Crippen molar-refractivity contribution < 1.29 is 19.2 Å². The van der Waals surface area contributed by atoms with E-state index in [1.807, 2.05) is 0 Å². The molecule has 0 bridgehead atoms. The molecule has 122 valence electrons. The molecule has 0 radical (unpaired) electrons. The van der Waals surface area contributed by atoms with E-state index in [0.29, 0.717) is 11.3 Å². The highest BCUT2D eigenvalue weighted by atomic mass is 35.5. The lowest BCUT2D eigenvalue weighted by molar-refractivity contribution is -0.384.